The summed E-state index contributed by atoms with van der Waals surface area (Å²) < 4.78 is 31.0. The zero-order valence-electron chi connectivity index (χ0n) is 10.3. The van der Waals surface area contributed by atoms with Crippen molar-refractivity contribution < 1.29 is 22.7 Å². The fourth-order valence-corrected chi connectivity index (χ4v) is 3.57. The van der Waals surface area contributed by atoms with Crippen molar-refractivity contribution in [3.8, 4) is 0 Å². The molecule has 0 saturated heterocycles. The van der Waals surface area contributed by atoms with Crippen LogP contribution in [0.5, 0.6) is 0 Å². The molecule has 0 aromatic carbocycles. The topological polar surface area (TPSA) is 96.6 Å². The second-order valence-electron chi connectivity index (χ2n) is 3.79. The highest BCUT2D eigenvalue weighted by atomic mass is 79.9. The summed E-state index contributed by atoms with van der Waals surface area (Å²) in [5.41, 5.74) is 0. The predicted molar refractivity (Wildman–Crippen MR) is 76.1 cm³/mol. The lowest BCUT2D eigenvalue weighted by molar-refractivity contribution is 0.0661. The van der Waals surface area contributed by atoms with E-state index >= 15 is 0 Å². The Kier molecular flexibility index (Phi) is 5.90. The Hall–Kier alpha value is -0.510. The minimum absolute atomic E-state index is 0.115. The average molecular weight is 372 g/mol. The molecule has 0 fully saturated rings. The van der Waals surface area contributed by atoms with Crippen molar-refractivity contribution in [2.75, 3.05) is 12.8 Å². The van der Waals surface area contributed by atoms with Crippen molar-refractivity contribution in [1.82, 2.24) is 4.72 Å². The van der Waals surface area contributed by atoms with Crippen LogP contribution in [0, 0.1) is 0 Å². The first kappa shape index (κ1) is 16.5. The number of hydrogen-bond acceptors (Lipinski definition) is 5. The Morgan fingerprint density at radius 2 is 2.26 bits per heavy atom. The monoisotopic (exact) mass is 371 g/mol. The Balaban J connectivity index is 2.80. The SMILES string of the molecule is CSC(C)CCNS(=O)(=O)c1cc(C(=O)O)oc1Br. The molecule has 0 spiro atoms. The molecule has 2 N–H and O–H groups in total. The van der Waals surface area contributed by atoms with Crippen LogP contribution in [-0.2, 0) is 10.0 Å². The molecule has 0 saturated carbocycles. The van der Waals surface area contributed by atoms with Crippen LogP contribution >= 0.6 is 27.7 Å². The first-order chi connectivity index (χ1) is 8.77. The van der Waals surface area contributed by atoms with Gasteiger partial charge in [-0.05, 0) is 28.6 Å². The van der Waals surface area contributed by atoms with Crippen LogP contribution in [-0.4, -0.2) is 37.5 Å². The number of furan rings is 1. The smallest absolute Gasteiger partial charge is 0.371 e. The van der Waals surface area contributed by atoms with Gasteiger partial charge in [-0.3, -0.25) is 0 Å². The summed E-state index contributed by atoms with van der Waals surface area (Å²) in [4.78, 5) is 10.5. The molecule has 0 aliphatic carbocycles. The second-order valence-corrected chi connectivity index (χ2v) is 7.52. The van der Waals surface area contributed by atoms with Crippen LogP contribution in [0.1, 0.15) is 23.9 Å². The third-order valence-corrected chi connectivity index (χ3v) is 5.76. The van der Waals surface area contributed by atoms with Gasteiger partial charge in [-0.1, -0.05) is 6.92 Å². The minimum atomic E-state index is -3.77. The molecule has 0 amide bonds. The Bertz CT molecular complexity index is 554. The molecule has 0 aliphatic rings. The summed E-state index contributed by atoms with van der Waals surface area (Å²) in [6.07, 6.45) is 2.63. The van der Waals surface area contributed by atoms with E-state index in [-0.39, 0.29) is 16.1 Å². The van der Waals surface area contributed by atoms with Gasteiger partial charge in [0, 0.05) is 17.9 Å². The van der Waals surface area contributed by atoms with Crippen LogP contribution in [0.2, 0.25) is 0 Å². The van der Waals surface area contributed by atoms with Gasteiger partial charge in [0.05, 0.1) is 0 Å². The zero-order chi connectivity index (χ0) is 14.6. The number of carboxylic acids is 1. The van der Waals surface area contributed by atoms with Gasteiger partial charge in [0.2, 0.25) is 15.8 Å². The van der Waals surface area contributed by atoms with Crippen molar-refractivity contribution in [3.05, 3.63) is 16.5 Å². The van der Waals surface area contributed by atoms with Crippen molar-refractivity contribution in [2.24, 2.45) is 0 Å². The number of carboxylic acid groups (broad SMARTS) is 1. The third-order valence-electron chi connectivity index (χ3n) is 2.40. The maximum Gasteiger partial charge on any atom is 0.371 e. The number of carbonyl (C=O) groups is 1. The van der Waals surface area contributed by atoms with Crippen LogP contribution in [0.4, 0.5) is 0 Å². The molecule has 1 heterocycles. The van der Waals surface area contributed by atoms with Crippen molar-refractivity contribution in [1.29, 1.82) is 0 Å². The van der Waals surface area contributed by atoms with E-state index < -0.39 is 21.8 Å². The van der Waals surface area contributed by atoms with Gasteiger partial charge < -0.3 is 9.52 Å². The molecule has 6 nitrogen and oxygen atoms in total. The summed E-state index contributed by atoms with van der Waals surface area (Å²) in [5, 5.41) is 9.07. The summed E-state index contributed by atoms with van der Waals surface area (Å²) in [5.74, 6) is -1.75. The lowest BCUT2D eigenvalue weighted by Gasteiger charge is -2.08. The number of thioether (sulfide) groups is 1. The van der Waals surface area contributed by atoms with E-state index in [0.29, 0.717) is 11.7 Å². The maximum atomic E-state index is 12.0. The molecule has 0 aliphatic heterocycles. The largest absolute Gasteiger partial charge is 0.475 e. The number of nitrogens with one attached hydrogen (secondary N) is 1. The summed E-state index contributed by atoms with van der Waals surface area (Å²) in [6, 6.07) is 0.979. The van der Waals surface area contributed by atoms with E-state index in [1.165, 1.54) is 0 Å². The van der Waals surface area contributed by atoms with E-state index in [1.807, 2.05) is 13.2 Å². The fraction of sp³-hybridized carbons (Fsp3) is 0.500. The van der Waals surface area contributed by atoms with Crippen molar-refractivity contribution in [3.63, 3.8) is 0 Å². The molecule has 0 bridgehead atoms. The van der Waals surface area contributed by atoms with E-state index in [4.69, 9.17) is 9.52 Å². The van der Waals surface area contributed by atoms with Gasteiger partial charge in [0.25, 0.3) is 0 Å². The minimum Gasteiger partial charge on any atom is -0.475 e. The van der Waals surface area contributed by atoms with Gasteiger partial charge in [0.1, 0.15) is 4.90 Å². The fourth-order valence-electron chi connectivity index (χ4n) is 1.23. The molecule has 1 atom stereocenters. The molecular formula is C10H14BrNO5S2. The van der Waals surface area contributed by atoms with Gasteiger partial charge in [-0.15, -0.1) is 0 Å². The Labute approximate surface area is 124 Å². The molecule has 1 aromatic rings. The van der Waals surface area contributed by atoms with Crippen LogP contribution in [0.3, 0.4) is 0 Å². The van der Waals surface area contributed by atoms with E-state index in [2.05, 4.69) is 20.7 Å². The number of rotatable bonds is 7. The van der Waals surface area contributed by atoms with Crippen LogP contribution in [0.15, 0.2) is 20.0 Å². The quantitative estimate of drug-likeness (QED) is 0.762. The Morgan fingerprint density at radius 1 is 1.63 bits per heavy atom. The summed E-state index contributed by atoms with van der Waals surface area (Å²) in [7, 11) is -3.77. The number of aromatic carboxylic acids is 1. The molecule has 9 heteroatoms. The highest BCUT2D eigenvalue weighted by Crippen LogP contribution is 2.26. The average Bonchev–Trinajstić information content (AvgIpc) is 2.71. The van der Waals surface area contributed by atoms with E-state index in [0.717, 1.165) is 6.07 Å². The van der Waals surface area contributed by atoms with Crippen LogP contribution in [0.25, 0.3) is 0 Å². The number of halogens is 1. The maximum absolute atomic E-state index is 12.0. The number of hydrogen-bond donors (Lipinski definition) is 2. The molecule has 1 rings (SSSR count). The standard InChI is InChI=1S/C10H14BrNO5S2/c1-6(18-2)3-4-12-19(15,16)8-5-7(10(13)14)17-9(8)11/h5-6,12H,3-4H2,1-2H3,(H,13,14). The molecule has 0 radical (unpaired) electrons. The first-order valence-corrected chi connectivity index (χ1v) is 8.89. The summed E-state index contributed by atoms with van der Waals surface area (Å²) in [6.45, 7) is 2.28. The van der Waals surface area contributed by atoms with E-state index in [9.17, 15) is 13.2 Å². The predicted octanol–water partition coefficient (Wildman–Crippen LogP) is 2.16. The third kappa shape index (κ3) is 4.51. The van der Waals surface area contributed by atoms with Gasteiger partial charge >= 0.3 is 5.97 Å². The van der Waals surface area contributed by atoms with Crippen molar-refractivity contribution >= 4 is 43.7 Å². The van der Waals surface area contributed by atoms with Crippen LogP contribution < -0.4 is 4.72 Å². The van der Waals surface area contributed by atoms with Gasteiger partial charge in [0.15, 0.2) is 4.67 Å². The van der Waals surface area contributed by atoms with Crippen molar-refractivity contribution in [2.45, 2.75) is 23.5 Å². The van der Waals surface area contributed by atoms with Gasteiger partial charge in [-0.2, -0.15) is 11.8 Å². The zero-order valence-corrected chi connectivity index (χ0v) is 13.6. The lowest BCUT2D eigenvalue weighted by Crippen LogP contribution is -2.26. The van der Waals surface area contributed by atoms with E-state index in [1.54, 1.807) is 11.8 Å². The summed E-state index contributed by atoms with van der Waals surface area (Å²) >= 11 is 4.54. The van der Waals surface area contributed by atoms with Gasteiger partial charge in [-0.25, -0.2) is 17.9 Å². The molecule has 1 unspecified atom stereocenters. The molecule has 1 aromatic heterocycles. The molecular weight excluding hydrogens is 358 g/mol. The second kappa shape index (κ2) is 6.78. The molecule has 108 valence electrons. The Morgan fingerprint density at radius 3 is 2.74 bits per heavy atom. The lowest BCUT2D eigenvalue weighted by atomic mass is 10.3. The number of sulfonamides is 1. The normalized spacial score (nSPS) is 13.4. The first-order valence-electron chi connectivity index (χ1n) is 5.33. The highest BCUT2D eigenvalue weighted by molar-refractivity contribution is 9.10. The highest BCUT2D eigenvalue weighted by Gasteiger charge is 2.24. The molecule has 19 heavy (non-hydrogen) atoms.